The number of amides is 2. The number of hydrogen-bond donors (Lipinski definition) is 1. The van der Waals surface area contributed by atoms with Crippen LogP contribution in [-0.2, 0) is 29.8 Å². The second-order valence-corrected chi connectivity index (χ2v) is 10.3. The summed E-state index contributed by atoms with van der Waals surface area (Å²) < 4.78 is 7.45. The van der Waals surface area contributed by atoms with E-state index >= 15 is 0 Å². The third-order valence-corrected chi connectivity index (χ3v) is 7.20. The molecule has 0 bridgehead atoms. The smallest absolute Gasteiger partial charge is 0.407 e. The lowest BCUT2D eigenvalue weighted by Crippen LogP contribution is -2.27. The SMILES string of the molecule is CNC(=O)OCc1nc(N(C)C(C)C)cc2c1CN(c1cccc(-c3nnc4n3C(C)(C)CC4)n1)C2=O. The Bertz CT molecular complexity index is 1380. The van der Waals surface area contributed by atoms with Gasteiger partial charge in [0.1, 0.15) is 29.8 Å². The largest absolute Gasteiger partial charge is 0.443 e. The Hall–Kier alpha value is -4.02. The molecule has 0 fully saturated rings. The third-order valence-electron chi connectivity index (χ3n) is 7.20. The predicted molar refractivity (Wildman–Crippen MR) is 138 cm³/mol. The summed E-state index contributed by atoms with van der Waals surface area (Å²) in [5.74, 6) is 2.64. The van der Waals surface area contributed by atoms with E-state index in [1.54, 1.807) is 11.0 Å². The second kappa shape index (κ2) is 9.13. The molecule has 11 nitrogen and oxygen atoms in total. The van der Waals surface area contributed by atoms with Gasteiger partial charge in [-0.1, -0.05) is 6.07 Å². The van der Waals surface area contributed by atoms with E-state index in [1.165, 1.54) is 7.05 Å². The molecule has 0 aromatic carbocycles. The quantitative estimate of drug-likeness (QED) is 0.543. The maximum Gasteiger partial charge on any atom is 0.407 e. The maximum absolute atomic E-state index is 13.7. The highest BCUT2D eigenvalue weighted by Crippen LogP contribution is 2.36. The maximum atomic E-state index is 13.7. The van der Waals surface area contributed by atoms with Crippen LogP contribution in [0.4, 0.5) is 16.4 Å². The van der Waals surface area contributed by atoms with E-state index in [9.17, 15) is 9.59 Å². The van der Waals surface area contributed by atoms with Gasteiger partial charge in [-0.05, 0) is 52.3 Å². The molecule has 2 aliphatic rings. The van der Waals surface area contributed by atoms with Gasteiger partial charge in [0, 0.05) is 37.7 Å². The van der Waals surface area contributed by atoms with Gasteiger partial charge in [-0.15, -0.1) is 10.2 Å². The van der Waals surface area contributed by atoms with Crippen molar-refractivity contribution in [3.63, 3.8) is 0 Å². The minimum absolute atomic E-state index is 0.0443. The molecule has 0 atom stereocenters. The summed E-state index contributed by atoms with van der Waals surface area (Å²) in [5.41, 5.74) is 2.37. The Kier molecular flexibility index (Phi) is 6.09. The number of hydrogen-bond acceptors (Lipinski definition) is 8. The molecular formula is C26H32N8O3. The molecule has 3 aromatic heterocycles. The van der Waals surface area contributed by atoms with Gasteiger partial charge < -0.3 is 19.5 Å². The zero-order valence-electron chi connectivity index (χ0n) is 22.1. The molecule has 0 unspecified atom stereocenters. The van der Waals surface area contributed by atoms with E-state index in [4.69, 9.17) is 14.7 Å². The average molecular weight is 505 g/mol. The highest BCUT2D eigenvalue weighted by atomic mass is 16.5. The Morgan fingerprint density at radius 1 is 1.24 bits per heavy atom. The molecule has 0 spiro atoms. The first-order chi connectivity index (χ1) is 17.6. The Morgan fingerprint density at radius 3 is 2.76 bits per heavy atom. The standard InChI is InChI=1S/C26H32N8O3/c1-15(2)32(6)22-12-16-17(19(29-22)14-37-25(36)27-5)13-33(24(16)35)20-9-7-8-18(28-20)23-31-30-21-10-11-26(3,4)34(21)23/h7-9,12,15H,10-11,13-14H2,1-6H3,(H,27,36). The van der Waals surface area contributed by atoms with Gasteiger partial charge in [0.25, 0.3) is 5.91 Å². The number of aryl methyl sites for hydroxylation is 1. The summed E-state index contributed by atoms with van der Waals surface area (Å²) in [5, 5.41) is 11.2. The minimum atomic E-state index is -0.558. The Morgan fingerprint density at radius 2 is 2.03 bits per heavy atom. The monoisotopic (exact) mass is 504 g/mol. The van der Waals surface area contributed by atoms with Crippen molar-refractivity contribution in [2.45, 2.75) is 65.3 Å². The lowest BCUT2D eigenvalue weighted by Gasteiger charge is -2.23. The van der Waals surface area contributed by atoms with Gasteiger partial charge in [0.05, 0.1) is 17.8 Å². The first kappa shape index (κ1) is 24.7. The number of nitrogens with one attached hydrogen (secondary N) is 1. The van der Waals surface area contributed by atoms with Crippen LogP contribution < -0.4 is 15.1 Å². The number of nitrogens with zero attached hydrogens (tertiary/aromatic N) is 7. The van der Waals surface area contributed by atoms with Crippen molar-refractivity contribution in [3.8, 4) is 11.5 Å². The number of fused-ring (bicyclic) bond motifs is 2. The molecule has 5 heterocycles. The van der Waals surface area contributed by atoms with Gasteiger partial charge in [-0.2, -0.15) is 0 Å². The Balaban J connectivity index is 1.51. The van der Waals surface area contributed by atoms with E-state index in [0.717, 1.165) is 24.2 Å². The van der Waals surface area contributed by atoms with E-state index < -0.39 is 6.09 Å². The molecular weight excluding hydrogens is 472 g/mol. The fourth-order valence-electron chi connectivity index (χ4n) is 4.82. The topological polar surface area (TPSA) is 118 Å². The van der Waals surface area contributed by atoms with Crippen LogP contribution >= 0.6 is 0 Å². The molecule has 0 aliphatic carbocycles. The molecule has 2 amide bonds. The normalized spacial score (nSPS) is 15.6. The molecule has 0 saturated carbocycles. The first-order valence-electron chi connectivity index (χ1n) is 12.4. The number of carbonyl (C=O) groups excluding carboxylic acids is 2. The van der Waals surface area contributed by atoms with Crippen molar-refractivity contribution in [1.29, 1.82) is 0 Å². The van der Waals surface area contributed by atoms with Gasteiger partial charge in [-0.3, -0.25) is 9.69 Å². The molecule has 11 heteroatoms. The zero-order chi connectivity index (χ0) is 26.5. The number of carbonyl (C=O) groups is 2. The van der Waals surface area contributed by atoms with Crippen LogP contribution in [0.25, 0.3) is 11.5 Å². The van der Waals surface area contributed by atoms with E-state index in [1.807, 2.05) is 44.0 Å². The summed E-state index contributed by atoms with van der Waals surface area (Å²) in [6.07, 6.45) is 1.31. The predicted octanol–water partition coefficient (Wildman–Crippen LogP) is 3.28. The molecule has 37 heavy (non-hydrogen) atoms. The molecule has 0 radical (unpaired) electrons. The van der Waals surface area contributed by atoms with Crippen LogP contribution in [0.5, 0.6) is 0 Å². The van der Waals surface area contributed by atoms with E-state index in [0.29, 0.717) is 34.4 Å². The molecule has 5 rings (SSSR count). The van der Waals surface area contributed by atoms with Crippen LogP contribution in [-0.4, -0.2) is 56.9 Å². The van der Waals surface area contributed by atoms with Crippen molar-refractivity contribution in [1.82, 2.24) is 30.0 Å². The fourth-order valence-corrected chi connectivity index (χ4v) is 4.82. The summed E-state index contributed by atoms with van der Waals surface area (Å²) in [6.45, 7) is 8.66. The number of pyridine rings is 2. The minimum Gasteiger partial charge on any atom is -0.443 e. The lowest BCUT2D eigenvalue weighted by atomic mass is 10.0. The zero-order valence-corrected chi connectivity index (χ0v) is 22.1. The summed E-state index contributed by atoms with van der Waals surface area (Å²) in [7, 11) is 3.42. The molecule has 194 valence electrons. The van der Waals surface area contributed by atoms with E-state index in [2.05, 4.69) is 33.9 Å². The summed E-state index contributed by atoms with van der Waals surface area (Å²) in [6, 6.07) is 7.55. The summed E-state index contributed by atoms with van der Waals surface area (Å²) in [4.78, 5) is 38.6. The number of aromatic nitrogens is 5. The second-order valence-electron chi connectivity index (χ2n) is 10.3. The van der Waals surface area contributed by atoms with Crippen molar-refractivity contribution >= 4 is 23.6 Å². The lowest BCUT2D eigenvalue weighted by molar-refractivity contribution is 0.0996. The van der Waals surface area contributed by atoms with Crippen LogP contribution in [0.3, 0.4) is 0 Å². The van der Waals surface area contributed by atoms with Crippen LogP contribution in [0.1, 0.15) is 61.6 Å². The number of ether oxygens (including phenoxy) is 1. The van der Waals surface area contributed by atoms with Crippen LogP contribution in [0.2, 0.25) is 0 Å². The number of alkyl carbamates (subject to hydrolysis) is 1. The van der Waals surface area contributed by atoms with Gasteiger partial charge in [-0.25, -0.2) is 14.8 Å². The molecule has 0 saturated heterocycles. The Labute approximate surface area is 215 Å². The fraction of sp³-hybridized carbons (Fsp3) is 0.462. The molecule has 1 N–H and O–H groups in total. The third kappa shape index (κ3) is 4.28. The molecule has 3 aromatic rings. The van der Waals surface area contributed by atoms with Gasteiger partial charge in [0.15, 0.2) is 5.82 Å². The average Bonchev–Trinajstić information content (AvgIpc) is 3.55. The molecule has 2 aliphatic heterocycles. The van der Waals surface area contributed by atoms with Gasteiger partial charge in [0.2, 0.25) is 0 Å². The van der Waals surface area contributed by atoms with Crippen molar-refractivity contribution in [2.24, 2.45) is 0 Å². The van der Waals surface area contributed by atoms with Crippen molar-refractivity contribution in [2.75, 3.05) is 23.9 Å². The van der Waals surface area contributed by atoms with Crippen molar-refractivity contribution in [3.05, 3.63) is 46.9 Å². The van der Waals surface area contributed by atoms with Crippen LogP contribution in [0, 0.1) is 0 Å². The number of rotatable bonds is 6. The van der Waals surface area contributed by atoms with Gasteiger partial charge >= 0.3 is 6.09 Å². The van der Waals surface area contributed by atoms with Crippen LogP contribution in [0.15, 0.2) is 24.3 Å². The highest BCUT2D eigenvalue weighted by molar-refractivity contribution is 6.10. The highest BCUT2D eigenvalue weighted by Gasteiger charge is 2.36. The van der Waals surface area contributed by atoms with E-state index in [-0.39, 0.29) is 30.6 Å². The first-order valence-corrected chi connectivity index (χ1v) is 12.4. The van der Waals surface area contributed by atoms with Crippen molar-refractivity contribution < 1.29 is 14.3 Å². The number of anilines is 2. The summed E-state index contributed by atoms with van der Waals surface area (Å²) >= 11 is 0.